The predicted octanol–water partition coefficient (Wildman–Crippen LogP) is 6.48. The van der Waals surface area contributed by atoms with Gasteiger partial charge in [-0.05, 0) is 53.7 Å². The molecule has 0 bridgehead atoms. The van der Waals surface area contributed by atoms with Gasteiger partial charge >= 0.3 is 0 Å². The molecule has 1 fully saturated rings. The van der Waals surface area contributed by atoms with Gasteiger partial charge < -0.3 is 5.32 Å². The standard InChI is InChI=1S/C20H19BrClN2O2S/c1-25-26-27-24-9-6-13(7-10-24)19-16-5-4-15(22)11-14(16)12-18(21)17-3-2-8-23-20(17)19/h2-5,8,11-13H,6-7,9-10H2,1H3/q-1. The largest absolute Gasteiger partial charge is 0.663 e. The molecule has 0 spiro atoms. The Hall–Kier alpha value is -1.02. The highest BCUT2D eigenvalue weighted by Crippen LogP contribution is 2.47. The van der Waals surface area contributed by atoms with E-state index in [4.69, 9.17) is 26.1 Å². The quantitative estimate of drug-likeness (QED) is 0.220. The van der Waals surface area contributed by atoms with Gasteiger partial charge in [-0.25, -0.2) is 9.19 Å². The maximum atomic E-state index is 6.29. The molecule has 1 aromatic rings. The summed E-state index contributed by atoms with van der Waals surface area (Å²) in [5.74, 6) is 0.421. The smallest absolute Gasteiger partial charge is 0.121 e. The van der Waals surface area contributed by atoms with Crippen molar-refractivity contribution in [2.24, 2.45) is 5.92 Å². The molecular formula is C20H19BrClN2O2S-. The molecule has 2 aliphatic heterocycles. The molecule has 1 aliphatic carbocycles. The second-order valence-electron chi connectivity index (χ2n) is 6.55. The molecule has 0 radical (unpaired) electrons. The minimum Gasteiger partial charge on any atom is -0.663 e. The van der Waals surface area contributed by atoms with Crippen LogP contribution < -0.4 is 0 Å². The van der Waals surface area contributed by atoms with Crippen LogP contribution in [0, 0.1) is 5.92 Å². The van der Waals surface area contributed by atoms with Crippen molar-refractivity contribution in [2.75, 3.05) is 20.2 Å². The topological polar surface area (TPSA) is 35.8 Å². The summed E-state index contributed by atoms with van der Waals surface area (Å²) in [4.78, 5) is 4.70. The Morgan fingerprint density at radius 3 is 2.89 bits per heavy atom. The van der Waals surface area contributed by atoms with E-state index < -0.39 is 0 Å². The number of fused-ring (bicyclic) bond motifs is 2. The first-order valence-corrected chi connectivity index (χ1v) is 10.7. The summed E-state index contributed by atoms with van der Waals surface area (Å²) >= 11 is 11.3. The zero-order chi connectivity index (χ0) is 18.8. The number of halogens is 2. The van der Waals surface area contributed by atoms with Gasteiger partial charge in [-0.3, -0.25) is 0 Å². The van der Waals surface area contributed by atoms with Crippen molar-refractivity contribution in [1.82, 2.24) is 4.31 Å². The van der Waals surface area contributed by atoms with Crippen LogP contribution in [0.25, 0.3) is 17.0 Å². The van der Waals surface area contributed by atoms with Crippen LogP contribution in [0.15, 0.2) is 52.3 Å². The van der Waals surface area contributed by atoms with Crippen molar-refractivity contribution >= 4 is 51.4 Å². The predicted molar refractivity (Wildman–Crippen MR) is 116 cm³/mol. The highest BCUT2D eigenvalue weighted by Gasteiger charge is 2.28. The van der Waals surface area contributed by atoms with Gasteiger partial charge in [-0.15, -0.1) is 10.0 Å². The van der Waals surface area contributed by atoms with E-state index in [-0.39, 0.29) is 0 Å². The fraction of sp³-hybridized carbons (Fsp3) is 0.300. The Kier molecular flexibility index (Phi) is 6.12. The van der Waals surface area contributed by atoms with Crippen molar-refractivity contribution in [2.45, 2.75) is 12.8 Å². The summed E-state index contributed by atoms with van der Waals surface area (Å²) in [5.41, 5.74) is 5.83. The Labute approximate surface area is 177 Å². The van der Waals surface area contributed by atoms with Gasteiger partial charge in [0.15, 0.2) is 0 Å². The molecule has 27 heavy (non-hydrogen) atoms. The van der Waals surface area contributed by atoms with Gasteiger partial charge in [0.2, 0.25) is 0 Å². The van der Waals surface area contributed by atoms with Crippen LogP contribution in [0.3, 0.4) is 0 Å². The van der Waals surface area contributed by atoms with Crippen LogP contribution in [-0.2, 0) is 9.22 Å². The van der Waals surface area contributed by atoms with Crippen LogP contribution in [0.1, 0.15) is 24.0 Å². The number of nitrogens with zero attached hydrogens (tertiary/aromatic N) is 2. The average Bonchev–Trinajstić information content (AvgIpc) is 2.81. The van der Waals surface area contributed by atoms with Crippen molar-refractivity contribution in [3.8, 4) is 0 Å². The Morgan fingerprint density at radius 1 is 1.30 bits per heavy atom. The molecule has 4 rings (SSSR count). The lowest BCUT2D eigenvalue weighted by molar-refractivity contribution is -0.163. The highest BCUT2D eigenvalue weighted by atomic mass is 79.9. The van der Waals surface area contributed by atoms with Gasteiger partial charge in [0, 0.05) is 22.6 Å². The number of piperidine rings is 1. The molecule has 0 amide bonds. The third-order valence-electron chi connectivity index (χ3n) is 4.97. The molecule has 3 aliphatic rings. The van der Waals surface area contributed by atoms with Crippen LogP contribution in [0.4, 0.5) is 0 Å². The second kappa shape index (κ2) is 8.55. The molecule has 2 heterocycles. The Balaban J connectivity index is 1.72. The number of benzene rings is 1. The van der Waals surface area contributed by atoms with E-state index >= 15 is 0 Å². The van der Waals surface area contributed by atoms with E-state index in [0.29, 0.717) is 5.92 Å². The number of allylic oxidation sites excluding steroid dienone is 4. The van der Waals surface area contributed by atoms with E-state index in [9.17, 15) is 0 Å². The summed E-state index contributed by atoms with van der Waals surface area (Å²) in [6, 6.07) is 6.12. The number of hydrogen-bond acceptors (Lipinski definition) is 4. The molecule has 142 valence electrons. The van der Waals surface area contributed by atoms with Crippen molar-refractivity contribution in [3.63, 3.8) is 0 Å². The maximum absolute atomic E-state index is 6.29. The summed E-state index contributed by atoms with van der Waals surface area (Å²) in [6.45, 7) is 1.86. The average molecular weight is 467 g/mol. The third kappa shape index (κ3) is 4.06. The Bertz CT molecular complexity index is 858. The zero-order valence-corrected chi connectivity index (χ0v) is 18.0. The van der Waals surface area contributed by atoms with E-state index in [2.05, 4.69) is 38.5 Å². The molecule has 0 saturated carbocycles. The van der Waals surface area contributed by atoms with Crippen LogP contribution in [-0.4, -0.2) is 24.5 Å². The van der Waals surface area contributed by atoms with Gasteiger partial charge in [0.1, 0.15) is 12.2 Å². The summed E-state index contributed by atoms with van der Waals surface area (Å²) in [5, 5.41) is 5.51. The second-order valence-corrected chi connectivity index (χ2v) is 8.64. The fourth-order valence-corrected chi connectivity index (χ4v) is 5.01. The van der Waals surface area contributed by atoms with Crippen molar-refractivity contribution in [1.29, 1.82) is 0 Å². The van der Waals surface area contributed by atoms with Gasteiger partial charge in [-0.1, -0.05) is 51.3 Å². The van der Waals surface area contributed by atoms with Crippen LogP contribution >= 0.6 is 39.8 Å². The summed E-state index contributed by atoms with van der Waals surface area (Å²) < 4.78 is 8.23. The minimum atomic E-state index is 0.421. The number of hydrogen-bond donors (Lipinski definition) is 0. The van der Waals surface area contributed by atoms with Crippen LogP contribution in [0.5, 0.6) is 0 Å². The number of rotatable bonds is 4. The van der Waals surface area contributed by atoms with Crippen molar-refractivity contribution in [3.05, 3.63) is 73.8 Å². The van der Waals surface area contributed by atoms with Gasteiger partial charge in [0.25, 0.3) is 0 Å². The first-order valence-electron chi connectivity index (χ1n) is 8.79. The van der Waals surface area contributed by atoms with E-state index in [1.54, 1.807) is 0 Å². The molecule has 4 nitrogen and oxygen atoms in total. The first-order chi connectivity index (χ1) is 13.2. The third-order valence-corrected chi connectivity index (χ3v) is 6.64. The van der Waals surface area contributed by atoms with Gasteiger partial charge in [-0.2, -0.15) is 6.20 Å². The molecule has 0 N–H and O–H groups in total. The van der Waals surface area contributed by atoms with E-state index in [1.165, 1.54) is 30.5 Å². The molecular weight excluding hydrogens is 448 g/mol. The first kappa shape index (κ1) is 19.3. The zero-order valence-electron chi connectivity index (χ0n) is 14.8. The molecule has 1 aromatic carbocycles. The molecule has 0 atom stereocenters. The molecule has 0 aromatic heterocycles. The lowest BCUT2D eigenvalue weighted by atomic mass is 9.82. The van der Waals surface area contributed by atoms with E-state index in [1.807, 2.05) is 24.4 Å². The summed E-state index contributed by atoms with van der Waals surface area (Å²) in [6.07, 6.45) is 10.2. The fourth-order valence-electron chi connectivity index (χ4n) is 3.76. The Morgan fingerprint density at radius 2 is 2.11 bits per heavy atom. The maximum Gasteiger partial charge on any atom is 0.121 e. The summed E-state index contributed by atoms with van der Waals surface area (Å²) in [7, 11) is 1.52. The van der Waals surface area contributed by atoms with Crippen molar-refractivity contribution < 1.29 is 9.22 Å². The molecule has 1 saturated heterocycles. The molecule has 7 heteroatoms. The van der Waals surface area contributed by atoms with E-state index in [0.717, 1.165) is 52.3 Å². The van der Waals surface area contributed by atoms with Crippen LogP contribution in [0.2, 0.25) is 5.02 Å². The normalized spacial score (nSPS) is 20.4. The SMILES string of the molecule is COOSN1CCC(C2=C3[N-]C=CC=C3C(Br)=Cc3cc(Cl)ccc32)CC1. The lowest BCUT2D eigenvalue weighted by Gasteiger charge is -2.37. The van der Waals surface area contributed by atoms with Gasteiger partial charge in [0.05, 0.1) is 7.11 Å². The monoisotopic (exact) mass is 465 g/mol. The highest BCUT2D eigenvalue weighted by molar-refractivity contribution is 9.12. The molecule has 0 unspecified atom stereocenters. The minimum absolute atomic E-state index is 0.421. The lowest BCUT2D eigenvalue weighted by Crippen LogP contribution is -2.29.